The molecular formula is C18H14N4O4S. The summed E-state index contributed by atoms with van der Waals surface area (Å²) < 4.78 is 4.93. The maximum atomic E-state index is 12.2. The van der Waals surface area contributed by atoms with Gasteiger partial charge >= 0.3 is 11.7 Å². The van der Waals surface area contributed by atoms with Gasteiger partial charge in [-0.25, -0.2) is 10.2 Å². The molecule has 0 aliphatic heterocycles. The van der Waals surface area contributed by atoms with Gasteiger partial charge in [-0.2, -0.15) is 10.1 Å². The molecule has 8 nitrogen and oxygen atoms in total. The second-order valence-corrected chi connectivity index (χ2v) is 6.27. The minimum atomic E-state index is -0.615. The summed E-state index contributed by atoms with van der Waals surface area (Å²) in [4.78, 5) is 41.8. The fraction of sp³-hybridized carbons (Fsp3) is 0.0556. The predicted molar refractivity (Wildman–Crippen MR) is 101 cm³/mol. The molecule has 0 radical (unpaired) electrons. The van der Waals surface area contributed by atoms with Crippen LogP contribution in [0.25, 0.3) is 10.6 Å². The summed E-state index contributed by atoms with van der Waals surface area (Å²) in [6.45, 7) is 1.32. The van der Waals surface area contributed by atoms with Crippen molar-refractivity contribution in [2.45, 2.75) is 6.92 Å². The van der Waals surface area contributed by atoms with Crippen LogP contribution in [-0.4, -0.2) is 28.1 Å². The zero-order chi connectivity index (χ0) is 19.2. The highest BCUT2D eigenvalue weighted by molar-refractivity contribution is 7.13. The van der Waals surface area contributed by atoms with Crippen LogP contribution in [0.1, 0.15) is 23.0 Å². The normalized spacial score (nSPS) is 10.7. The third kappa shape index (κ3) is 4.95. The summed E-state index contributed by atoms with van der Waals surface area (Å²) in [5.74, 6) is -0.597. The average molecular weight is 382 g/mol. The molecule has 1 aromatic carbocycles. The fourth-order valence-corrected chi connectivity index (χ4v) is 2.85. The van der Waals surface area contributed by atoms with Gasteiger partial charge in [0.05, 0.1) is 16.8 Å². The van der Waals surface area contributed by atoms with Crippen molar-refractivity contribution in [2.75, 3.05) is 0 Å². The molecule has 27 heavy (non-hydrogen) atoms. The number of hydrogen-bond acceptors (Lipinski definition) is 7. The molecule has 0 fully saturated rings. The van der Waals surface area contributed by atoms with E-state index in [1.165, 1.54) is 30.5 Å². The summed E-state index contributed by atoms with van der Waals surface area (Å²) in [7, 11) is 0. The van der Waals surface area contributed by atoms with Crippen LogP contribution in [0.5, 0.6) is 5.75 Å². The maximum absolute atomic E-state index is 12.2. The van der Waals surface area contributed by atoms with Crippen molar-refractivity contribution in [1.29, 1.82) is 0 Å². The van der Waals surface area contributed by atoms with Gasteiger partial charge in [0.2, 0.25) is 0 Å². The van der Waals surface area contributed by atoms with E-state index in [4.69, 9.17) is 4.74 Å². The molecule has 1 amide bonds. The second kappa shape index (κ2) is 8.19. The lowest BCUT2D eigenvalue weighted by Crippen LogP contribution is -2.24. The average Bonchev–Trinajstić information content (AvgIpc) is 3.17. The summed E-state index contributed by atoms with van der Waals surface area (Å²) >= 11 is 1.43. The molecular weight excluding hydrogens is 368 g/mol. The van der Waals surface area contributed by atoms with Gasteiger partial charge in [-0.05, 0) is 47.3 Å². The first-order chi connectivity index (χ1) is 13.0. The number of benzene rings is 1. The van der Waals surface area contributed by atoms with Gasteiger partial charge in [0, 0.05) is 6.92 Å². The lowest BCUT2D eigenvalue weighted by atomic mass is 10.2. The molecule has 2 N–H and O–H groups in total. The third-order valence-corrected chi connectivity index (χ3v) is 4.19. The molecule has 0 bridgehead atoms. The molecule has 0 saturated carbocycles. The van der Waals surface area contributed by atoms with Crippen LogP contribution in [0.2, 0.25) is 0 Å². The predicted octanol–water partition coefficient (Wildman–Crippen LogP) is 2.19. The van der Waals surface area contributed by atoms with Crippen molar-refractivity contribution in [2.24, 2.45) is 5.10 Å². The molecule has 0 aliphatic carbocycles. The first-order valence-electron chi connectivity index (χ1n) is 7.78. The number of nitrogens with zero attached hydrogens (tertiary/aromatic N) is 2. The summed E-state index contributed by atoms with van der Waals surface area (Å²) in [6.07, 6.45) is 1.42. The van der Waals surface area contributed by atoms with E-state index >= 15 is 0 Å². The smallest absolute Gasteiger partial charge is 0.346 e. The minimum absolute atomic E-state index is 0.0375. The van der Waals surface area contributed by atoms with Gasteiger partial charge in [-0.3, -0.25) is 9.59 Å². The van der Waals surface area contributed by atoms with Crippen molar-refractivity contribution < 1.29 is 14.3 Å². The number of hydrazone groups is 1. The highest BCUT2D eigenvalue weighted by atomic mass is 32.1. The lowest BCUT2D eigenvalue weighted by Gasteiger charge is -2.02. The molecule has 0 aliphatic rings. The monoisotopic (exact) mass is 382 g/mol. The number of ether oxygens (including phenoxy) is 1. The summed E-state index contributed by atoms with van der Waals surface area (Å²) in [5.41, 5.74) is 2.87. The number of nitrogens with one attached hydrogen (secondary N) is 2. The van der Waals surface area contributed by atoms with Gasteiger partial charge in [0.25, 0.3) is 5.91 Å². The Kier molecular flexibility index (Phi) is 5.53. The van der Waals surface area contributed by atoms with E-state index in [1.54, 1.807) is 24.3 Å². The number of esters is 1. The molecule has 2 heterocycles. The van der Waals surface area contributed by atoms with Crippen LogP contribution in [0.3, 0.4) is 0 Å². The Bertz CT molecular complexity index is 1040. The molecule has 3 aromatic rings. The van der Waals surface area contributed by atoms with Crippen LogP contribution < -0.4 is 15.9 Å². The Hall–Kier alpha value is -3.59. The molecule has 2 aromatic heterocycles. The number of H-pyrrole nitrogens is 1. The van der Waals surface area contributed by atoms with Crippen molar-refractivity contribution in [1.82, 2.24) is 15.4 Å². The summed E-state index contributed by atoms with van der Waals surface area (Å²) in [6, 6.07) is 11.7. The Labute approximate surface area is 157 Å². The van der Waals surface area contributed by atoms with E-state index < -0.39 is 17.6 Å². The topological polar surface area (TPSA) is 114 Å². The number of aromatic amines is 1. The van der Waals surface area contributed by atoms with E-state index in [0.29, 0.717) is 17.0 Å². The zero-order valence-electron chi connectivity index (χ0n) is 14.1. The van der Waals surface area contributed by atoms with E-state index in [9.17, 15) is 14.4 Å². The number of rotatable bonds is 5. The van der Waals surface area contributed by atoms with Gasteiger partial charge in [0.1, 0.15) is 11.4 Å². The molecule has 0 saturated heterocycles. The molecule has 3 rings (SSSR count). The highest BCUT2D eigenvalue weighted by Gasteiger charge is 2.11. The van der Waals surface area contributed by atoms with Crippen molar-refractivity contribution in [3.05, 3.63) is 69.6 Å². The van der Waals surface area contributed by atoms with Crippen LogP contribution in [0, 0.1) is 0 Å². The SMILES string of the molecule is CC(=O)Oc1ccc(/C=N/NC(=O)c2cc(-c3cccs3)[nH]c(=O)n2)cc1. The number of amides is 1. The van der Waals surface area contributed by atoms with Gasteiger partial charge < -0.3 is 9.72 Å². The first-order valence-corrected chi connectivity index (χ1v) is 8.66. The number of hydrogen-bond donors (Lipinski definition) is 2. The molecule has 0 atom stereocenters. The lowest BCUT2D eigenvalue weighted by molar-refractivity contribution is -0.131. The highest BCUT2D eigenvalue weighted by Crippen LogP contribution is 2.21. The first kappa shape index (κ1) is 18.2. The molecule has 9 heteroatoms. The van der Waals surface area contributed by atoms with E-state index in [1.807, 2.05) is 17.5 Å². The standard InChI is InChI=1S/C18H14N4O4S/c1-11(23)26-13-6-4-12(5-7-13)10-19-22-17(24)15-9-14(20-18(25)21-15)16-3-2-8-27-16/h2-10H,1H3,(H,22,24)(H,20,21,25)/b19-10+. The van der Waals surface area contributed by atoms with Gasteiger partial charge in [0.15, 0.2) is 0 Å². The van der Waals surface area contributed by atoms with Gasteiger partial charge in [-0.1, -0.05) is 6.07 Å². The van der Waals surface area contributed by atoms with E-state index in [2.05, 4.69) is 20.5 Å². The minimum Gasteiger partial charge on any atom is -0.427 e. The van der Waals surface area contributed by atoms with Crippen LogP contribution in [0.15, 0.2) is 57.7 Å². The quantitative estimate of drug-likeness (QED) is 0.304. The Balaban J connectivity index is 1.68. The Morgan fingerprint density at radius 3 is 2.70 bits per heavy atom. The largest absolute Gasteiger partial charge is 0.427 e. The van der Waals surface area contributed by atoms with Crippen LogP contribution in [-0.2, 0) is 4.79 Å². The van der Waals surface area contributed by atoms with Crippen molar-refractivity contribution >= 4 is 29.4 Å². The van der Waals surface area contributed by atoms with E-state index in [0.717, 1.165) is 4.88 Å². The fourth-order valence-electron chi connectivity index (χ4n) is 2.15. The Morgan fingerprint density at radius 2 is 2.04 bits per heavy atom. The third-order valence-electron chi connectivity index (χ3n) is 3.29. The van der Waals surface area contributed by atoms with Gasteiger partial charge in [-0.15, -0.1) is 11.3 Å². The number of carbonyl (C=O) groups excluding carboxylic acids is 2. The Morgan fingerprint density at radius 1 is 1.26 bits per heavy atom. The number of thiophene rings is 1. The van der Waals surface area contributed by atoms with Crippen LogP contribution >= 0.6 is 11.3 Å². The van der Waals surface area contributed by atoms with Crippen molar-refractivity contribution in [3.63, 3.8) is 0 Å². The van der Waals surface area contributed by atoms with Crippen molar-refractivity contribution in [3.8, 4) is 16.3 Å². The molecule has 0 spiro atoms. The van der Waals surface area contributed by atoms with E-state index in [-0.39, 0.29) is 5.69 Å². The second-order valence-electron chi connectivity index (χ2n) is 5.32. The number of carbonyl (C=O) groups is 2. The van der Waals surface area contributed by atoms with Crippen LogP contribution in [0.4, 0.5) is 0 Å². The molecule has 136 valence electrons. The molecule has 0 unspecified atom stereocenters. The zero-order valence-corrected chi connectivity index (χ0v) is 14.9. The summed E-state index contributed by atoms with van der Waals surface area (Å²) in [5, 5.41) is 5.71. The maximum Gasteiger partial charge on any atom is 0.346 e. The number of aromatic nitrogens is 2.